The molecule has 3 aromatic carbocycles. The Morgan fingerprint density at radius 2 is 1.36 bits per heavy atom. The Labute approximate surface area is 199 Å². The van der Waals surface area contributed by atoms with E-state index in [-0.39, 0.29) is 46.5 Å². The van der Waals surface area contributed by atoms with Crippen LogP contribution in [0.5, 0.6) is 0 Å². The fourth-order valence-electron chi connectivity index (χ4n) is 2.79. The molecule has 1 N–H and O–H groups in total. The predicted molar refractivity (Wildman–Crippen MR) is 118 cm³/mol. The van der Waals surface area contributed by atoms with Crippen molar-refractivity contribution in [2.75, 3.05) is 6.54 Å². The number of fused-ring (bicyclic) bond motifs is 3. The van der Waals surface area contributed by atoms with Crippen LogP contribution in [0.25, 0.3) is 27.3 Å². The minimum atomic E-state index is -1.42. The van der Waals surface area contributed by atoms with Gasteiger partial charge in [-0.15, -0.1) is 46.3 Å². The molecule has 0 unspecified atom stereocenters. The van der Waals surface area contributed by atoms with E-state index in [1.165, 1.54) is 26.9 Å². The monoisotopic (exact) mass is 485 g/mol. The van der Waals surface area contributed by atoms with E-state index in [9.17, 15) is 0 Å². The minimum Gasteiger partial charge on any atom is -1.00 e. The van der Waals surface area contributed by atoms with Gasteiger partial charge in [0.25, 0.3) is 0 Å². The molecule has 0 bridgehead atoms. The van der Waals surface area contributed by atoms with Gasteiger partial charge in [0.15, 0.2) is 0 Å². The van der Waals surface area contributed by atoms with Gasteiger partial charge in [-0.2, -0.15) is 0 Å². The SMILES string of the molecule is C[Si](C)=C(CC[NH-])O[Si](C)(C)C.[Cl-].[Cl-].[Ti+4].c1ccc2c(c1)[cH-]c1ccccc12. The summed E-state index contributed by atoms with van der Waals surface area (Å²) in [6.45, 7) is 11.5. The number of nitrogens with one attached hydrogen (secondary N) is 1. The number of benzene rings is 2. The van der Waals surface area contributed by atoms with E-state index in [1.54, 1.807) is 0 Å². The molecule has 0 amide bonds. The van der Waals surface area contributed by atoms with Crippen LogP contribution in [-0.4, -0.2) is 28.6 Å². The first-order valence-corrected chi connectivity index (χ1v) is 14.8. The van der Waals surface area contributed by atoms with E-state index in [2.05, 4.69) is 87.3 Å². The Hall–Kier alpha value is -0.332. The normalized spacial score (nSPS) is 9.93. The summed E-state index contributed by atoms with van der Waals surface area (Å²) in [6.07, 6.45) is 0.839. The third-order valence-corrected chi connectivity index (χ3v) is 6.39. The van der Waals surface area contributed by atoms with Crippen molar-refractivity contribution in [2.45, 2.75) is 39.2 Å². The molecule has 0 aliphatic carbocycles. The van der Waals surface area contributed by atoms with Crippen LogP contribution in [0.1, 0.15) is 6.42 Å². The Bertz CT molecular complexity index is 821. The molecular weight excluding hydrogens is 457 g/mol. The van der Waals surface area contributed by atoms with Gasteiger partial charge in [0, 0.05) is 5.35 Å². The van der Waals surface area contributed by atoms with Crippen LogP contribution >= 0.6 is 0 Å². The van der Waals surface area contributed by atoms with Crippen molar-refractivity contribution in [3.8, 4) is 0 Å². The van der Waals surface area contributed by atoms with Crippen LogP contribution in [0.3, 0.4) is 0 Å². The molecule has 0 atom stereocenters. The molecule has 0 saturated carbocycles. The molecule has 0 fully saturated rings. The zero-order valence-electron chi connectivity index (χ0n) is 17.3. The van der Waals surface area contributed by atoms with E-state index < -0.39 is 16.7 Å². The van der Waals surface area contributed by atoms with Crippen molar-refractivity contribution in [3.05, 3.63) is 60.3 Å². The van der Waals surface area contributed by atoms with E-state index in [1.807, 2.05) is 0 Å². The third-order valence-electron chi connectivity index (χ3n) is 3.86. The van der Waals surface area contributed by atoms with Gasteiger partial charge in [-0.1, -0.05) is 49.5 Å². The molecule has 0 radical (unpaired) electrons. The molecule has 150 valence electrons. The van der Waals surface area contributed by atoms with E-state index in [4.69, 9.17) is 10.2 Å². The second-order valence-electron chi connectivity index (χ2n) is 7.46. The van der Waals surface area contributed by atoms with Crippen LogP contribution in [0.2, 0.25) is 32.7 Å². The predicted octanol–water partition coefficient (Wildman–Crippen LogP) is 0.464. The summed E-state index contributed by atoms with van der Waals surface area (Å²) in [7, 11) is -1.87. The van der Waals surface area contributed by atoms with E-state index >= 15 is 0 Å². The summed E-state index contributed by atoms with van der Waals surface area (Å²) in [5, 5.41) is 6.61. The second-order valence-corrected chi connectivity index (χ2v) is 14.4. The molecule has 0 aromatic heterocycles. The molecule has 0 heterocycles. The molecule has 0 saturated heterocycles. The molecule has 7 heteroatoms. The van der Waals surface area contributed by atoms with E-state index in [0.717, 1.165) is 6.42 Å². The fraction of sp³-hybridized carbons (Fsp3) is 0.333. The van der Waals surface area contributed by atoms with E-state index in [0.29, 0.717) is 6.54 Å². The standard InChI is InChI=1S/C13H9.C8H20NOSi2.2ClH.Ti/c1-3-7-12-10(5-1)9-11-6-2-4-8-13(11)12;1-11(2)8(6-7-9)10-12(3,4)5;;;/h1-9H;9H,6-7H2,1-5H3;2*1H;/q2*-1;;;+4/p-2. The number of rotatable bonds is 4. The Kier molecular flexibility index (Phi) is 14.7. The molecule has 0 spiro atoms. The summed E-state index contributed by atoms with van der Waals surface area (Å²) in [5.74, 6) is 0. The zero-order chi connectivity index (χ0) is 18.4. The summed E-state index contributed by atoms with van der Waals surface area (Å²) in [6, 6.07) is 19.3. The Morgan fingerprint density at radius 3 is 1.71 bits per heavy atom. The number of halogens is 2. The van der Waals surface area contributed by atoms with Crippen molar-refractivity contribution in [1.29, 1.82) is 0 Å². The second kappa shape index (κ2) is 13.8. The van der Waals surface area contributed by atoms with Crippen LogP contribution in [-0.2, 0) is 26.1 Å². The average molecular weight is 486 g/mol. The van der Waals surface area contributed by atoms with Gasteiger partial charge >= 0.3 is 21.7 Å². The van der Waals surface area contributed by atoms with Crippen LogP contribution in [0.15, 0.2) is 54.6 Å². The van der Waals surface area contributed by atoms with Gasteiger partial charge in [-0.3, -0.25) is 0 Å². The molecule has 0 aliphatic rings. The quantitative estimate of drug-likeness (QED) is 0.390. The van der Waals surface area contributed by atoms with Crippen LogP contribution in [0.4, 0.5) is 0 Å². The maximum Gasteiger partial charge on any atom is 4.00 e. The van der Waals surface area contributed by atoms with Gasteiger partial charge < -0.3 is 35.0 Å². The van der Waals surface area contributed by atoms with Crippen molar-refractivity contribution in [2.24, 2.45) is 0 Å². The van der Waals surface area contributed by atoms with Crippen molar-refractivity contribution < 1.29 is 51.0 Å². The largest absolute Gasteiger partial charge is 4.00 e. The molecule has 3 rings (SSSR count). The molecular formula is C21H29Cl2NOSi2Ti. The minimum absolute atomic E-state index is 0. The first-order chi connectivity index (χ1) is 11.8. The first-order valence-electron chi connectivity index (χ1n) is 8.85. The van der Waals surface area contributed by atoms with Crippen LogP contribution in [0, 0.1) is 0 Å². The Morgan fingerprint density at radius 1 is 0.929 bits per heavy atom. The van der Waals surface area contributed by atoms with Crippen LogP contribution < -0.4 is 24.8 Å². The summed E-state index contributed by atoms with van der Waals surface area (Å²) < 4.78 is 5.92. The molecule has 2 nitrogen and oxygen atoms in total. The average Bonchev–Trinajstić information content (AvgIpc) is 2.92. The topological polar surface area (TPSA) is 33.0 Å². The van der Waals surface area contributed by atoms with Crippen molar-refractivity contribution >= 4 is 43.6 Å². The summed E-state index contributed by atoms with van der Waals surface area (Å²) >= 11 is 0. The molecule has 0 aliphatic heterocycles. The molecule has 28 heavy (non-hydrogen) atoms. The van der Waals surface area contributed by atoms with Gasteiger partial charge in [-0.05, 0) is 26.1 Å². The van der Waals surface area contributed by atoms with Crippen molar-refractivity contribution in [3.63, 3.8) is 0 Å². The van der Waals surface area contributed by atoms with Gasteiger partial charge in [0.05, 0.1) is 8.41 Å². The number of hydrogen-bond donors (Lipinski definition) is 0. The summed E-state index contributed by atoms with van der Waals surface area (Å²) in [4.78, 5) is 0. The fourth-order valence-corrected chi connectivity index (χ4v) is 5.99. The zero-order valence-corrected chi connectivity index (χ0v) is 22.3. The number of hydrogen-bond acceptors (Lipinski definition) is 1. The van der Waals surface area contributed by atoms with Gasteiger partial charge in [0.2, 0.25) is 8.32 Å². The smallest absolute Gasteiger partial charge is 1.00 e. The van der Waals surface area contributed by atoms with Gasteiger partial charge in [0.1, 0.15) is 0 Å². The summed E-state index contributed by atoms with van der Waals surface area (Å²) in [5.41, 5.74) is 7.17. The maximum absolute atomic E-state index is 7.17. The van der Waals surface area contributed by atoms with Crippen molar-refractivity contribution in [1.82, 2.24) is 0 Å². The Balaban J connectivity index is 0. The third kappa shape index (κ3) is 9.00. The first kappa shape index (κ1) is 29.9. The maximum atomic E-state index is 7.17. The van der Waals surface area contributed by atoms with Gasteiger partial charge in [-0.25, -0.2) is 0 Å². The molecule has 3 aromatic rings.